The molecule has 0 unspecified atom stereocenters. The van der Waals surface area contributed by atoms with E-state index in [0.717, 1.165) is 39.2 Å². The van der Waals surface area contributed by atoms with Gasteiger partial charge in [-0.15, -0.1) is 0 Å². The Labute approximate surface area is 362 Å². The molecule has 14 rings (SSSR count). The fraction of sp³-hybridized carbons (Fsp3) is 0.0508. The van der Waals surface area contributed by atoms with Gasteiger partial charge in [0.25, 0.3) is 0 Å². The van der Waals surface area contributed by atoms with Crippen LogP contribution in [0.15, 0.2) is 194 Å². The zero-order chi connectivity index (χ0) is 41.6. The molecule has 0 atom stereocenters. The third kappa shape index (κ3) is 4.59. The molecule has 4 heteroatoms. The third-order valence-electron chi connectivity index (χ3n) is 14.0. The maximum Gasteiger partial charge on any atom is 0.235 e. The maximum atomic E-state index is 5.79. The second-order valence-corrected chi connectivity index (χ2v) is 17.7. The van der Waals surface area contributed by atoms with Crippen LogP contribution in [-0.4, -0.2) is 19.1 Å². The van der Waals surface area contributed by atoms with Crippen molar-refractivity contribution in [3.05, 3.63) is 205 Å². The van der Waals surface area contributed by atoms with E-state index in [9.17, 15) is 0 Å². The summed E-state index contributed by atoms with van der Waals surface area (Å²) in [5.41, 5.74) is 11.9. The third-order valence-corrected chi connectivity index (χ3v) is 14.0. The van der Waals surface area contributed by atoms with Gasteiger partial charge in [-0.2, -0.15) is 0 Å². The van der Waals surface area contributed by atoms with Crippen LogP contribution in [0.5, 0.6) is 0 Å². The molecule has 0 aliphatic heterocycles. The molecule has 0 fully saturated rings. The van der Waals surface area contributed by atoms with E-state index < -0.39 is 0 Å². The van der Waals surface area contributed by atoms with Crippen molar-refractivity contribution < 1.29 is 0 Å². The van der Waals surface area contributed by atoms with Crippen molar-refractivity contribution in [3.63, 3.8) is 0 Å². The van der Waals surface area contributed by atoms with E-state index in [-0.39, 0.29) is 5.41 Å². The standard InChI is InChI=1S/C59H38N4/c1-59(2)47-26-14-12-25-45(47)54-56(36-29-31-49-46(34-36)42-23-13-15-27-48(42)62(49)37-17-4-3-5-18-37)60-58(61-57(54)59)63-50-32-28-35-16-6-7-19-38(35)53(50)55-51(63)33-30-44-41-22-9-8-20-39(41)40-21-10-11-24-43(40)52(44)55/h3-34H,1-2H3. The lowest BCUT2D eigenvalue weighted by molar-refractivity contribution is 0.632. The van der Waals surface area contributed by atoms with Crippen molar-refractivity contribution in [1.82, 2.24) is 19.1 Å². The highest BCUT2D eigenvalue weighted by molar-refractivity contribution is 6.37. The molecular weight excluding hydrogens is 765 g/mol. The maximum absolute atomic E-state index is 5.79. The largest absolute Gasteiger partial charge is 0.309 e. The molecule has 0 amide bonds. The van der Waals surface area contributed by atoms with Crippen molar-refractivity contribution in [3.8, 4) is 34.0 Å². The molecule has 0 saturated heterocycles. The summed E-state index contributed by atoms with van der Waals surface area (Å²) in [5.74, 6) is 0.677. The molecule has 0 N–H and O–H groups in total. The van der Waals surface area contributed by atoms with Crippen LogP contribution in [0.4, 0.5) is 0 Å². The molecule has 1 aliphatic rings. The molecule has 63 heavy (non-hydrogen) atoms. The van der Waals surface area contributed by atoms with Crippen molar-refractivity contribution in [2.75, 3.05) is 0 Å². The van der Waals surface area contributed by atoms with Gasteiger partial charge >= 0.3 is 0 Å². The Morgan fingerprint density at radius 2 is 0.984 bits per heavy atom. The van der Waals surface area contributed by atoms with Crippen LogP contribution in [0.1, 0.15) is 25.1 Å². The summed E-state index contributed by atoms with van der Waals surface area (Å²) in [6.45, 7) is 4.64. The number of fused-ring (bicyclic) bond motifs is 18. The Balaban J connectivity index is 1.13. The molecule has 294 valence electrons. The van der Waals surface area contributed by atoms with E-state index >= 15 is 0 Å². The van der Waals surface area contributed by atoms with Gasteiger partial charge in [0.15, 0.2) is 0 Å². The molecule has 13 aromatic rings. The van der Waals surface area contributed by atoms with Crippen LogP contribution in [0.25, 0.3) is 121 Å². The minimum Gasteiger partial charge on any atom is -0.309 e. The van der Waals surface area contributed by atoms with E-state index in [1.54, 1.807) is 0 Å². The highest BCUT2D eigenvalue weighted by Crippen LogP contribution is 2.52. The van der Waals surface area contributed by atoms with Gasteiger partial charge < -0.3 is 4.57 Å². The first kappa shape index (κ1) is 34.6. The van der Waals surface area contributed by atoms with E-state index in [4.69, 9.17) is 9.97 Å². The molecule has 4 nitrogen and oxygen atoms in total. The zero-order valence-corrected chi connectivity index (χ0v) is 34.8. The van der Waals surface area contributed by atoms with Crippen LogP contribution in [0.2, 0.25) is 0 Å². The Hall–Kier alpha value is -8.08. The molecule has 1 aliphatic carbocycles. The summed E-state index contributed by atoms with van der Waals surface area (Å²) in [6.07, 6.45) is 0. The Bertz CT molecular complexity index is 4080. The van der Waals surface area contributed by atoms with Crippen LogP contribution in [-0.2, 0) is 5.41 Å². The summed E-state index contributed by atoms with van der Waals surface area (Å²) in [4.78, 5) is 11.5. The second-order valence-electron chi connectivity index (χ2n) is 17.7. The van der Waals surface area contributed by atoms with E-state index in [1.807, 2.05) is 0 Å². The molecule has 0 saturated carbocycles. The van der Waals surface area contributed by atoms with Crippen LogP contribution < -0.4 is 0 Å². The molecule has 0 bridgehead atoms. The second kappa shape index (κ2) is 12.5. The minimum absolute atomic E-state index is 0.362. The lowest BCUT2D eigenvalue weighted by atomic mass is 9.85. The number of hydrogen-bond acceptors (Lipinski definition) is 2. The predicted octanol–water partition coefficient (Wildman–Crippen LogP) is 15.3. The van der Waals surface area contributed by atoms with Gasteiger partial charge in [0.2, 0.25) is 5.95 Å². The zero-order valence-electron chi connectivity index (χ0n) is 34.8. The number of hydrogen-bond donors (Lipinski definition) is 0. The quantitative estimate of drug-likeness (QED) is 0.167. The lowest BCUT2D eigenvalue weighted by Gasteiger charge is -2.21. The van der Waals surface area contributed by atoms with Gasteiger partial charge in [0.1, 0.15) is 0 Å². The van der Waals surface area contributed by atoms with E-state index in [1.165, 1.54) is 86.8 Å². The van der Waals surface area contributed by atoms with Gasteiger partial charge in [0.05, 0.1) is 33.5 Å². The number of nitrogens with zero attached hydrogens (tertiary/aromatic N) is 4. The predicted molar refractivity (Wildman–Crippen MR) is 264 cm³/mol. The monoisotopic (exact) mass is 802 g/mol. The van der Waals surface area contributed by atoms with Gasteiger partial charge in [-0.25, -0.2) is 9.97 Å². The van der Waals surface area contributed by atoms with E-state index in [0.29, 0.717) is 5.95 Å². The highest BCUT2D eigenvalue weighted by atomic mass is 15.2. The molecule has 3 aromatic heterocycles. The van der Waals surface area contributed by atoms with Gasteiger partial charge in [-0.05, 0) is 91.3 Å². The normalized spacial score (nSPS) is 13.4. The first-order chi connectivity index (χ1) is 31.0. The molecule has 0 spiro atoms. The minimum atomic E-state index is -0.362. The fourth-order valence-electron chi connectivity index (χ4n) is 11.3. The smallest absolute Gasteiger partial charge is 0.235 e. The van der Waals surface area contributed by atoms with Crippen molar-refractivity contribution in [2.24, 2.45) is 0 Å². The van der Waals surface area contributed by atoms with Crippen LogP contribution >= 0.6 is 0 Å². The number of aromatic nitrogens is 4. The van der Waals surface area contributed by atoms with Gasteiger partial charge in [-0.1, -0.05) is 166 Å². The number of para-hydroxylation sites is 2. The van der Waals surface area contributed by atoms with Crippen LogP contribution in [0, 0.1) is 0 Å². The Kier molecular flexibility index (Phi) is 6.87. The average molecular weight is 803 g/mol. The van der Waals surface area contributed by atoms with Gasteiger partial charge in [0, 0.05) is 49.2 Å². The summed E-state index contributed by atoms with van der Waals surface area (Å²) < 4.78 is 4.73. The molecule has 10 aromatic carbocycles. The Morgan fingerprint density at radius 1 is 0.397 bits per heavy atom. The average Bonchev–Trinajstić information content (AvgIpc) is 3.94. The van der Waals surface area contributed by atoms with Crippen molar-refractivity contribution in [1.29, 1.82) is 0 Å². The lowest BCUT2D eigenvalue weighted by Crippen LogP contribution is -2.18. The molecule has 0 radical (unpaired) electrons. The van der Waals surface area contributed by atoms with Gasteiger partial charge in [-0.3, -0.25) is 4.57 Å². The van der Waals surface area contributed by atoms with Crippen LogP contribution in [0.3, 0.4) is 0 Å². The topological polar surface area (TPSA) is 35.6 Å². The fourth-order valence-corrected chi connectivity index (χ4v) is 11.3. The van der Waals surface area contributed by atoms with E-state index in [2.05, 4.69) is 217 Å². The summed E-state index contributed by atoms with van der Waals surface area (Å²) in [6, 6.07) is 70.9. The van der Waals surface area contributed by atoms with Crippen molar-refractivity contribution in [2.45, 2.75) is 19.3 Å². The summed E-state index contributed by atoms with van der Waals surface area (Å²) >= 11 is 0. The SMILES string of the molecule is CC1(C)c2ccccc2-c2c(-c3ccc4c(c3)c3ccccc3n4-c3ccccc3)nc(-n3c4ccc5ccccc5c4c4c5c6ccccc6c6ccccc6c5ccc43)nc21. The molecular formula is C59H38N4. The highest BCUT2D eigenvalue weighted by Gasteiger charge is 2.40. The first-order valence-corrected chi connectivity index (χ1v) is 21.8. The Morgan fingerprint density at radius 3 is 1.79 bits per heavy atom. The number of rotatable bonds is 3. The van der Waals surface area contributed by atoms with Crippen molar-refractivity contribution >= 4 is 86.7 Å². The molecule has 3 heterocycles. The summed E-state index contributed by atoms with van der Waals surface area (Å²) in [5, 5.41) is 14.8. The summed E-state index contributed by atoms with van der Waals surface area (Å²) in [7, 11) is 0. The number of benzene rings is 10. The first-order valence-electron chi connectivity index (χ1n) is 21.8.